The van der Waals surface area contributed by atoms with Gasteiger partial charge >= 0.3 is 5.97 Å². The highest BCUT2D eigenvalue weighted by Gasteiger charge is 2.32. The van der Waals surface area contributed by atoms with E-state index in [-0.39, 0.29) is 5.91 Å². The second kappa shape index (κ2) is 15.5. The molecule has 1 N–H and O–H groups in total. The van der Waals surface area contributed by atoms with E-state index in [9.17, 15) is 14.7 Å². The predicted molar refractivity (Wildman–Crippen MR) is 203 cm³/mol. The third-order valence-electron chi connectivity index (χ3n) is 12.9. The van der Waals surface area contributed by atoms with Crippen molar-refractivity contribution in [1.29, 1.82) is 0 Å². The number of nitrogens with zero attached hydrogens (tertiary/aromatic N) is 3. The number of benzene rings is 2. The second-order valence-corrected chi connectivity index (χ2v) is 15.7. The summed E-state index contributed by atoms with van der Waals surface area (Å²) in [5.74, 6) is 2.32. The Kier molecular flexibility index (Phi) is 10.9. The first-order valence-corrected chi connectivity index (χ1v) is 19.6. The van der Waals surface area contributed by atoms with Crippen LogP contribution in [0.2, 0.25) is 0 Å². The molecule has 2 aromatic carbocycles. The van der Waals surface area contributed by atoms with E-state index in [4.69, 9.17) is 9.47 Å². The zero-order valence-corrected chi connectivity index (χ0v) is 31.2. The SMILES string of the molecule is CCCCN(C)C(=O)c1ccc2c(c1)c1c(n2C)CCC(C2CCOCC2)C1.Cn1c2c(c3cc(C(=O)O)ccc31)CC(C1CCOCC1)CC2. The summed E-state index contributed by atoms with van der Waals surface area (Å²) in [6.45, 7) is 6.62. The van der Waals surface area contributed by atoms with E-state index in [1.165, 1.54) is 71.9 Å². The van der Waals surface area contributed by atoms with Gasteiger partial charge in [-0.1, -0.05) is 13.3 Å². The lowest BCUT2D eigenvalue weighted by Crippen LogP contribution is -2.28. The molecule has 8 nitrogen and oxygen atoms in total. The highest BCUT2D eigenvalue weighted by atomic mass is 16.5. The Hall–Kier alpha value is -3.62. The molecule has 2 unspecified atom stereocenters. The molecule has 4 aliphatic rings. The number of fused-ring (bicyclic) bond motifs is 6. The monoisotopic (exact) mass is 695 g/mol. The number of carbonyl (C=O) groups excluding carboxylic acids is 1. The molecule has 0 bridgehead atoms. The Labute approximate surface area is 303 Å². The van der Waals surface area contributed by atoms with Crippen molar-refractivity contribution in [2.75, 3.05) is 40.0 Å². The molecule has 0 saturated carbocycles. The van der Waals surface area contributed by atoms with Crippen molar-refractivity contribution in [3.8, 4) is 0 Å². The Morgan fingerprint density at radius 1 is 0.725 bits per heavy atom. The molecule has 0 radical (unpaired) electrons. The number of aryl methyl sites for hydroxylation is 2. The van der Waals surface area contributed by atoms with E-state index < -0.39 is 5.97 Å². The first-order chi connectivity index (χ1) is 24.7. The third kappa shape index (κ3) is 7.23. The van der Waals surface area contributed by atoms with Gasteiger partial charge in [0, 0.05) is 92.9 Å². The fourth-order valence-corrected chi connectivity index (χ4v) is 9.77. The largest absolute Gasteiger partial charge is 0.478 e. The molecule has 4 heterocycles. The number of hydrogen-bond acceptors (Lipinski definition) is 4. The highest BCUT2D eigenvalue weighted by Crippen LogP contribution is 2.41. The summed E-state index contributed by atoms with van der Waals surface area (Å²) >= 11 is 0. The van der Waals surface area contributed by atoms with E-state index in [0.717, 1.165) is 106 Å². The minimum atomic E-state index is -0.846. The van der Waals surface area contributed by atoms with Gasteiger partial charge in [0.1, 0.15) is 0 Å². The van der Waals surface area contributed by atoms with Crippen molar-refractivity contribution in [2.24, 2.45) is 37.8 Å². The second-order valence-electron chi connectivity index (χ2n) is 15.7. The van der Waals surface area contributed by atoms with Crippen LogP contribution >= 0.6 is 0 Å². The highest BCUT2D eigenvalue weighted by molar-refractivity contribution is 5.99. The number of unbranched alkanes of at least 4 members (excludes halogenated alkanes) is 1. The van der Waals surface area contributed by atoms with Crippen LogP contribution in [0.5, 0.6) is 0 Å². The first kappa shape index (κ1) is 35.8. The van der Waals surface area contributed by atoms with E-state index in [1.807, 2.05) is 30.1 Å². The standard InChI is InChI=1S/C24H34N2O2.C19H23NO3/c1-4-5-12-25(2)24(27)19-7-9-23-21(16-19)20-15-18(6-8-22(20)26(23)3)17-10-13-28-14-11-17;1-20-17-4-2-13(12-6-8-23-9-7-12)10-15(17)16-11-14(19(21)22)3-5-18(16)20/h7,9,16-18H,4-6,8,10-15H2,1-3H3;3,5,11-13H,2,4,6-10H2,1H3,(H,21,22). The molecule has 2 saturated heterocycles. The molecule has 8 heteroatoms. The number of carboxylic acid groups (broad SMARTS) is 1. The van der Waals surface area contributed by atoms with Gasteiger partial charge in [0.05, 0.1) is 5.56 Å². The van der Waals surface area contributed by atoms with Gasteiger partial charge in [-0.15, -0.1) is 0 Å². The molecule has 1 amide bonds. The maximum absolute atomic E-state index is 12.9. The maximum Gasteiger partial charge on any atom is 0.335 e. The average Bonchev–Trinajstić information content (AvgIpc) is 3.62. The molecule has 8 rings (SSSR count). The fourth-order valence-electron chi connectivity index (χ4n) is 9.77. The molecular formula is C43H57N3O5. The van der Waals surface area contributed by atoms with Crippen molar-refractivity contribution < 1.29 is 24.2 Å². The number of ether oxygens (including phenoxy) is 2. The van der Waals surface area contributed by atoms with Gasteiger partial charge in [-0.25, -0.2) is 4.79 Å². The summed E-state index contributed by atoms with van der Waals surface area (Å²) in [4.78, 5) is 26.1. The summed E-state index contributed by atoms with van der Waals surface area (Å²) in [6, 6.07) is 11.9. The van der Waals surface area contributed by atoms with Crippen molar-refractivity contribution >= 4 is 33.7 Å². The van der Waals surface area contributed by atoms with Crippen LogP contribution < -0.4 is 0 Å². The summed E-state index contributed by atoms with van der Waals surface area (Å²) < 4.78 is 15.7. The van der Waals surface area contributed by atoms with Crippen LogP contribution in [0.1, 0.15) is 102 Å². The molecule has 274 valence electrons. The quantitative estimate of drug-likeness (QED) is 0.212. The van der Waals surface area contributed by atoms with Crippen molar-refractivity contribution in [2.45, 2.75) is 84.0 Å². The summed E-state index contributed by atoms with van der Waals surface area (Å²) in [5.41, 5.74) is 9.39. The lowest BCUT2D eigenvalue weighted by atomic mass is 9.75. The number of carboxylic acids is 1. The number of amides is 1. The van der Waals surface area contributed by atoms with Crippen molar-refractivity contribution in [3.05, 3.63) is 70.0 Å². The first-order valence-electron chi connectivity index (χ1n) is 19.6. The van der Waals surface area contributed by atoms with Gasteiger partial charge in [0.15, 0.2) is 0 Å². The number of aromatic carboxylic acids is 1. The molecule has 0 spiro atoms. The topological polar surface area (TPSA) is 85.9 Å². The Bertz CT molecular complexity index is 1880. The molecule has 2 aliphatic heterocycles. The number of rotatable bonds is 7. The molecule has 2 fully saturated rings. The summed E-state index contributed by atoms with van der Waals surface area (Å²) in [5, 5.41) is 11.7. The summed E-state index contributed by atoms with van der Waals surface area (Å²) in [7, 11) is 6.21. The molecular weight excluding hydrogens is 638 g/mol. The zero-order chi connectivity index (χ0) is 35.6. The zero-order valence-electron chi connectivity index (χ0n) is 31.2. The molecule has 4 aromatic rings. The lowest BCUT2D eigenvalue weighted by Gasteiger charge is -2.33. The van der Waals surface area contributed by atoms with Gasteiger partial charge in [-0.05, 0) is 142 Å². The van der Waals surface area contributed by atoms with Gasteiger partial charge < -0.3 is 28.6 Å². The molecule has 51 heavy (non-hydrogen) atoms. The smallest absolute Gasteiger partial charge is 0.335 e. The minimum absolute atomic E-state index is 0.143. The predicted octanol–water partition coefficient (Wildman–Crippen LogP) is 7.99. The van der Waals surface area contributed by atoms with Gasteiger partial charge in [0.25, 0.3) is 5.91 Å². The normalized spacial score (nSPS) is 21.2. The van der Waals surface area contributed by atoms with E-state index in [2.05, 4.69) is 42.3 Å². The molecule has 2 aliphatic carbocycles. The van der Waals surface area contributed by atoms with Crippen molar-refractivity contribution in [1.82, 2.24) is 14.0 Å². The van der Waals surface area contributed by atoms with Crippen LogP contribution in [-0.4, -0.2) is 71.0 Å². The number of hydrogen-bond donors (Lipinski definition) is 1. The van der Waals surface area contributed by atoms with Gasteiger partial charge in [0.2, 0.25) is 0 Å². The molecule has 2 aromatic heterocycles. The van der Waals surface area contributed by atoms with Crippen LogP contribution in [0.15, 0.2) is 36.4 Å². The third-order valence-corrected chi connectivity index (χ3v) is 12.9. The van der Waals surface area contributed by atoms with Gasteiger partial charge in [-0.2, -0.15) is 0 Å². The van der Waals surface area contributed by atoms with E-state index in [1.54, 1.807) is 6.07 Å². The Morgan fingerprint density at radius 3 is 1.67 bits per heavy atom. The van der Waals surface area contributed by atoms with Crippen molar-refractivity contribution in [3.63, 3.8) is 0 Å². The average molecular weight is 696 g/mol. The van der Waals surface area contributed by atoms with Crippen LogP contribution in [-0.2, 0) is 49.3 Å². The fraction of sp³-hybridized carbons (Fsp3) is 0.581. The van der Waals surface area contributed by atoms with Crippen LogP contribution in [0.25, 0.3) is 21.8 Å². The number of aromatic nitrogens is 2. The Morgan fingerprint density at radius 2 is 1.20 bits per heavy atom. The Balaban J connectivity index is 0.000000162. The van der Waals surface area contributed by atoms with Crippen LogP contribution in [0.3, 0.4) is 0 Å². The summed E-state index contributed by atoms with van der Waals surface area (Å²) in [6.07, 6.45) is 13.9. The minimum Gasteiger partial charge on any atom is -0.478 e. The van der Waals surface area contributed by atoms with E-state index >= 15 is 0 Å². The van der Waals surface area contributed by atoms with Crippen LogP contribution in [0.4, 0.5) is 0 Å². The maximum atomic E-state index is 12.9. The lowest BCUT2D eigenvalue weighted by molar-refractivity contribution is 0.0438. The van der Waals surface area contributed by atoms with Crippen LogP contribution in [0, 0.1) is 23.7 Å². The van der Waals surface area contributed by atoms with Gasteiger partial charge in [-0.3, -0.25) is 4.79 Å². The molecule has 2 atom stereocenters. The van der Waals surface area contributed by atoms with E-state index in [0.29, 0.717) is 11.5 Å². The number of carbonyl (C=O) groups is 2.